The van der Waals surface area contributed by atoms with Crippen LogP contribution in [0.3, 0.4) is 0 Å². The van der Waals surface area contributed by atoms with Gasteiger partial charge in [0.1, 0.15) is 5.52 Å². The minimum atomic E-state index is -0.388. The van der Waals surface area contributed by atoms with Crippen LogP contribution in [0.15, 0.2) is 30.5 Å². The van der Waals surface area contributed by atoms with E-state index < -0.39 is 0 Å². The summed E-state index contributed by atoms with van der Waals surface area (Å²) in [5.41, 5.74) is 7.49. The lowest BCUT2D eigenvalue weighted by molar-refractivity contribution is -0.383. The van der Waals surface area contributed by atoms with Crippen molar-refractivity contribution in [1.82, 2.24) is 4.98 Å². The van der Waals surface area contributed by atoms with Crippen molar-refractivity contribution in [2.45, 2.75) is 18.9 Å². The number of fused-ring (bicyclic) bond motifs is 1. The Kier molecular flexibility index (Phi) is 3.23. The van der Waals surface area contributed by atoms with Crippen molar-refractivity contribution in [2.75, 3.05) is 18.0 Å². The van der Waals surface area contributed by atoms with Gasteiger partial charge in [0, 0.05) is 42.5 Å². The van der Waals surface area contributed by atoms with Crippen LogP contribution < -0.4 is 10.6 Å². The van der Waals surface area contributed by atoms with E-state index in [4.69, 9.17) is 5.73 Å². The monoisotopic (exact) mass is 272 g/mol. The Balaban J connectivity index is 2.12. The smallest absolute Gasteiger partial charge is 0.295 e. The Morgan fingerprint density at radius 2 is 2.25 bits per heavy atom. The van der Waals surface area contributed by atoms with Crippen LogP contribution in [0.4, 0.5) is 11.4 Å². The molecule has 104 valence electrons. The molecule has 1 atom stereocenters. The molecule has 1 saturated heterocycles. The molecule has 6 heteroatoms. The molecule has 3 rings (SSSR count). The average Bonchev–Trinajstić information content (AvgIpc) is 2.46. The second-order valence-corrected chi connectivity index (χ2v) is 5.11. The fourth-order valence-electron chi connectivity index (χ4n) is 2.79. The van der Waals surface area contributed by atoms with Crippen LogP contribution in [0.25, 0.3) is 10.9 Å². The number of nitrogens with zero attached hydrogens (tertiary/aromatic N) is 3. The van der Waals surface area contributed by atoms with Gasteiger partial charge >= 0.3 is 0 Å². The highest BCUT2D eigenvalue weighted by Crippen LogP contribution is 2.33. The molecule has 1 aromatic carbocycles. The van der Waals surface area contributed by atoms with Gasteiger partial charge in [-0.3, -0.25) is 10.1 Å². The van der Waals surface area contributed by atoms with Gasteiger partial charge in [0.15, 0.2) is 0 Å². The maximum Gasteiger partial charge on any atom is 0.295 e. The van der Waals surface area contributed by atoms with Gasteiger partial charge in [-0.1, -0.05) is 0 Å². The van der Waals surface area contributed by atoms with Crippen LogP contribution in [0.2, 0.25) is 0 Å². The van der Waals surface area contributed by atoms with E-state index in [0.29, 0.717) is 5.52 Å². The van der Waals surface area contributed by atoms with Gasteiger partial charge < -0.3 is 10.6 Å². The van der Waals surface area contributed by atoms with Crippen molar-refractivity contribution >= 4 is 22.3 Å². The summed E-state index contributed by atoms with van der Waals surface area (Å²) in [5, 5.41) is 11.9. The summed E-state index contributed by atoms with van der Waals surface area (Å²) in [4.78, 5) is 17.1. The molecular formula is C14H16N4O2. The largest absolute Gasteiger partial charge is 0.369 e. The Bertz CT molecular complexity index is 659. The number of hydrogen-bond acceptors (Lipinski definition) is 5. The number of pyridine rings is 1. The molecule has 1 fully saturated rings. The Labute approximate surface area is 116 Å². The van der Waals surface area contributed by atoms with E-state index in [9.17, 15) is 10.1 Å². The number of benzene rings is 1. The first-order valence-corrected chi connectivity index (χ1v) is 6.69. The molecule has 0 saturated carbocycles. The third-order valence-corrected chi connectivity index (χ3v) is 3.72. The molecule has 2 heterocycles. The summed E-state index contributed by atoms with van der Waals surface area (Å²) >= 11 is 0. The Hall–Kier alpha value is -2.21. The topological polar surface area (TPSA) is 85.3 Å². The fraction of sp³-hybridized carbons (Fsp3) is 0.357. The fourth-order valence-corrected chi connectivity index (χ4v) is 2.79. The quantitative estimate of drug-likeness (QED) is 0.668. The maximum absolute atomic E-state index is 11.1. The van der Waals surface area contributed by atoms with Crippen LogP contribution in [0.5, 0.6) is 0 Å². The lowest BCUT2D eigenvalue weighted by Gasteiger charge is -2.33. The normalized spacial score (nSPS) is 19.2. The van der Waals surface area contributed by atoms with Gasteiger partial charge in [-0.15, -0.1) is 0 Å². The summed E-state index contributed by atoms with van der Waals surface area (Å²) in [6, 6.07) is 7.18. The molecule has 6 nitrogen and oxygen atoms in total. The summed E-state index contributed by atoms with van der Waals surface area (Å²) in [6.45, 7) is 1.71. The van der Waals surface area contributed by atoms with Crippen molar-refractivity contribution in [3.05, 3.63) is 40.6 Å². The molecule has 0 spiro atoms. The van der Waals surface area contributed by atoms with Gasteiger partial charge in [0.2, 0.25) is 0 Å². The molecule has 0 bridgehead atoms. The summed E-state index contributed by atoms with van der Waals surface area (Å²) in [6.07, 6.45) is 3.65. The van der Waals surface area contributed by atoms with E-state index in [1.165, 1.54) is 6.07 Å². The molecule has 0 radical (unpaired) electrons. The third kappa shape index (κ3) is 2.18. The van der Waals surface area contributed by atoms with E-state index in [-0.39, 0.29) is 16.7 Å². The van der Waals surface area contributed by atoms with E-state index in [0.717, 1.165) is 37.0 Å². The number of aromatic nitrogens is 1. The molecule has 0 aliphatic carbocycles. The molecule has 1 aliphatic rings. The zero-order valence-electron chi connectivity index (χ0n) is 11.0. The second kappa shape index (κ2) is 5.05. The van der Waals surface area contributed by atoms with Crippen LogP contribution in [-0.2, 0) is 0 Å². The average molecular weight is 272 g/mol. The van der Waals surface area contributed by atoms with Crippen LogP contribution in [-0.4, -0.2) is 29.0 Å². The predicted molar refractivity (Wildman–Crippen MR) is 77.8 cm³/mol. The lowest BCUT2D eigenvalue weighted by atomic mass is 10.0. The maximum atomic E-state index is 11.1. The number of hydrogen-bond donors (Lipinski definition) is 1. The van der Waals surface area contributed by atoms with Crippen molar-refractivity contribution < 1.29 is 4.92 Å². The van der Waals surface area contributed by atoms with Gasteiger partial charge in [-0.25, -0.2) is 4.98 Å². The highest BCUT2D eigenvalue weighted by atomic mass is 16.6. The minimum absolute atomic E-state index is 0.0469. The molecule has 20 heavy (non-hydrogen) atoms. The summed E-state index contributed by atoms with van der Waals surface area (Å²) < 4.78 is 0. The number of rotatable bonds is 2. The SMILES string of the molecule is NC1CCCN(c2ccc([N+](=O)[O-])c3ncccc23)C1. The van der Waals surface area contributed by atoms with Gasteiger partial charge in [-0.05, 0) is 31.0 Å². The number of anilines is 1. The summed E-state index contributed by atoms with van der Waals surface area (Å²) in [7, 11) is 0. The van der Waals surface area contributed by atoms with Gasteiger partial charge in [0.05, 0.1) is 4.92 Å². The first-order valence-electron chi connectivity index (χ1n) is 6.69. The van der Waals surface area contributed by atoms with Crippen LogP contribution in [0, 0.1) is 10.1 Å². The molecule has 1 aromatic heterocycles. The van der Waals surface area contributed by atoms with E-state index in [2.05, 4.69) is 9.88 Å². The van der Waals surface area contributed by atoms with Gasteiger partial charge in [0.25, 0.3) is 5.69 Å². The molecule has 0 amide bonds. The summed E-state index contributed by atoms with van der Waals surface area (Å²) in [5.74, 6) is 0. The van der Waals surface area contributed by atoms with Crippen LogP contribution in [0.1, 0.15) is 12.8 Å². The van der Waals surface area contributed by atoms with Crippen molar-refractivity contribution in [3.63, 3.8) is 0 Å². The minimum Gasteiger partial charge on any atom is -0.369 e. The highest BCUT2D eigenvalue weighted by molar-refractivity contribution is 5.97. The Morgan fingerprint density at radius 3 is 3.00 bits per heavy atom. The molecule has 2 N–H and O–H groups in total. The third-order valence-electron chi connectivity index (χ3n) is 3.72. The number of piperidine rings is 1. The lowest BCUT2D eigenvalue weighted by Crippen LogP contribution is -2.42. The number of non-ortho nitro benzene ring substituents is 1. The van der Waals surface area contributed by atoms with Crippen molar-refractivity contribution in [1.29, 1.82) is 0 Å². The van der Waals surface area contributed by atoms with Crippen molar-refractivity contribution in [2.24, 2.45) is 5.73 Å². The zero-order chi connectivity index (χ0) is 14.1. The van der Waals surface area contributed by atoms with E-state index >= 15 is 0 Å². The highest BCUT2D eigenvalue weighted by Gasteiger charge is 2.22. The van der Waals surface area contributed by atoms with E-state index in [1.54, 1.807) is 18.3 Å². The standard InChI is InChI=1S/C14H16N4O2/c15-10-3-2-8-17(9-10)12-5-6-13(18(19)20)14-11(12)4-1-7-16-14/h1,4-7,10H,2-3,8-9,15H2. The predicted octanol–water partition coefficient (Wildman–Crippen LogP) is 2.07. The second-order valence-electron chi connectivity index (χ2n) is 5.11. The first kappa shape index (κ1) is 12.8. The zero-order valence-corrected chi connectivity index (χ0v) is 11.0. The molecular weight excluding hydrogens is 256 g/mol. The Morgan fingerprint density at radius 1 is 1.40 bits per heavy atom. The van der Waals surface area contributed by atoms with Crippen molar-refractivity contribution in [3.8, 4) is 0 Å². The molecule has 1 unspecified atom stereocenters. The molecule has 2 aromatic rings. The van der Waals surface area contributed by atoms with Gasteiger partial charge in [-0.2, -0.15) is 0 Å². The number of nitrogens with two attached hydrogens (primary N) is 1. The molecule has 1 aliphatic heterocycles. The van der Waals surface area contributed by atoms with Crippen LogP contribution >= 0.6 is 0 Å². The first-order chi connectivity index (χ1) is 9.66. The number of nitro groups is 1. The number of nitro benzene ring substituents is 1. The van der Waals surface area contributed by atoms with E-state index in [1.807, 2.05) is 6.07 Å².